The molecular formula is C34H41N5S. The Balaban J connectivity index is 0.00000158. The normalized spacial score (nSPS) is 14.3. The van der Waals surface area contributed by atoms with Gasteiger partial charge in [-0.2, -0.15) is 5.10 Å². The molecule has 40 heavy (non-hydrogen) atoms. The Morgan fingerprint density at radius 3 is 2.27 bits per heavy atom. The van der Waals surface area contributed by atoms with E-state index in [-0.39, 0.29) is 5.41 Å². The summed E-state index contributed by atoms with van der Waals surface area (Å²) in [7, 11) is 0. The van der Waals surface area contributed by atoms with Gasteiger partial charge in [0.05, 0.1) is 6.20 Å². The number of aromatic nitrogens is 3. The van der Waals surface area contributed by atoms with Crippen LogP contribution in [-0.2, 0) is 6.42 Å². The smallest absolute Gasteiger partial charge is 0.162 e. The zero-order valence-electron chi connectivity index (χ0n) is 24.2. The molecule has 0 amide bonds. The average Bonchev–Trinajstić information content (AvgIpc) is 3.41. The number of piperidine rings is 1. The summed E-state index contributed by atoms with van der Waals surface area (Å²) >= 11 is 1.28. The third-order valence-electron chi connectivity index (χ3n) is 7.73. The number of hydrogen-bond acceptors (Lipinski definition) is 5. The highest BCUT2D eigenvalue weighted by molar-refractivity contribution is 7.97. The van der Waals surface area contributed by atoms with E-state index in [4.69, 9.17) is 10.1 Å². The van der Waals surface area contributed by atoms with E-state index in [1.54, 1.807) is 0 Å². The Morgan fingerprint density at radius 2 is 1.55 bits per heavy atom. The van der Waals surface area contributed by atoms with Crippen molar-refractivity contribution in [1.29, 1.82) is 0 Å². The van der Waals surface area contributed by atoms with Gasteiger partial charge in [0.25, 0.3) is 0 Å². The minimum atomic E-state index is 0.260. The van der Waals surface area contributed by atoms with Crippen LogP contribution >= 0.6 is 11.9 Å². The summed E-state index contributed by atoms with van der Waals surface area (Å²) in [5.41, 5.74) is 6.85. The summed E-state index contributed by atoms with van der Waals surface area (Å²) in [6.45, 7) is 12.5. The van der Waals surface area contributed by atoms with Gasteiger partial charge in [-0.1, -0.05) is 88.7 Å². The van der Waals surface area contributed by atoms with Crippen molar-refractivity contribution >= 4 is 28.4 Å². The first kappa shape index (κ1) is 28.3. The van der Waals surface area contributed by atoms with Crippen LogP contribution in [0.5, 0.6) is 0 Å². The van der Waals surface area contributed by atoms with E-state index in [0.29, 0.717) is 0 Å². The van der Waals surface area contributed by atoms with Gasteiger partial charge in [0.2, 0.25) is 0 Å². The van der Waals surface area contributed by atoms with Crippen molar-refractivity contribution in [2.45, 2.75) is 58.3 Å². The third-order valence-corrected chi connectivity index (χ3v) is 8.34. The van der Waals surface area contributed by atoms with Crippen molar-refractivity contribution in [3.63, 3.8) is 0 Å². The maximum Gasteiger partial charge on any atom is 0.162 e. The number of fused-ring (bicyclic) bond motifs is 2. The van der Waals surface area contributed by atoms with Crippen LogP contribution in [0.15, 0.2) is 84.1 Å². The molecule has 1 aliphatic heterocycles. The van der Waals surface area contributed by atoms with Crippen LogP contribution in [0.1, 0.15) is 52.5 Å². The molecule has 2 N–H and O–H groups in total. The molecular weight excluding hydrogens is 510 g/mol. The predicted octanol–water partition coefficient (Wildman–Crippen LogP) is 8.26. The molecule has 2 aromatic heterocycles. The van der Waals surface area contributed by atoms with Crippen LogP contribution in [0.4, 0.5) is 0 Å². The van der Waals surface area contributed by atoms with Crippen molar-refractivity contribution in [2.75, 3.05) is 19.6 Å². The summed E-state index contributed by atoms with van der Waals surface area (Å²) in [6, 6.07) is 21.5. The molecule has 5 aromatic rings. The molecule has 5 nitrogen and oxygen atoms in total. The Labute approximate surface area is 242 Å². The summed E-state index contributed by atoms with van der Waals surface area (Å²) < 4.78 is 1.89. The lowest BCUT2D eigenvalue weighted by Crippen LogP contribution is -2.38. The van der Waals surface area contributed by atoms with Gasteiger partial charge in [-0.15, -0.1) is 0 Å². The van der Waals surface area contributed by atoms with Gasteiger partial charge in [-0.25, -0.2) is 9.50 Å². The molecule has 3 heterocycles. The Morgan fingerprint density at radius 1 is 0.825 bits per heavy atom. The van der Waals surface area contributed by atoms with Gasteiger partial charge in [0.15, 0.2) is 5.65 Å². The van der Waals surface area contributed by atoms with Gasteiger partial charge in [-0.05, 0) is 83.2 Å². The fourth-order valence-corrected chi connectivity index (χ4v) is 6.42. The molecule has 6 heteroatoms. The van der Waals surface area contributed by atoms with Gasteiger partial charge < -0.3 is 4.90 Å². The summed E-state index contributed by atoms with van der Waals surface area (Å²) in [6.07, 6.45) is 11.1. The van der Waals surface area contributed by atoms with Gasteiger partial charge in [0, 0.05) is 35.0 Å². The van der Waals surface area contributed by atoms with Crippen molar-refractivity contribution in [2.24, 2.45) is 10.6 Å². The fraction of sp³-hybridized carbons (Fsp3) is 0.353. The Bertz CT molecular complexity index is 1570. The maximum atomic E-state index is 5.91. The van der Waals surface area contributed by atoms with Crippen LogP contribution in [0.25, 0.3) is 38.7 Å². The summed E-state index contributed by atoms with van der Waals surface area (Å²) in [5, 5.41) is 12.9. The first-order chi connectivity index (χ1) is 19.5. The zero-order valence-corrected chi connectivity index (χ0v) is 25.0. The van der Waals surface area contributed by atoms with Crippen molar-refractivity contribution in [3.05, 3.63) is 84.8 Å². The average molecular weight is 552 g/mol. The summed E-state index contributed by atoms with van der Waals surface area (Å²) in [5.74, 6) is 0. The molecule has 1 saturated heterocycles. The standard InChI is InChI=1S/C32H35N5S.C2H6/c1-32(2,22-36-16-6-3-7-17-36)18-23-10-12-24(13-11-23)25-19-34-31-29(20-35-37(31)21-25)27-14-15-30(38-33)28-9-5-4-8-26(27)28;1-2/h4-5,8-15,19-21H,3,6-7,16-18,22,33H2,1-2H3;1-2H3. The molecule has 1 aliphatic rings. The second-order valence-electron chi connectivity index (χ2n) is 11.3. The topological polar surface area (TPSA) is 59.4 Å². The molecule has 0 bridgehead atoms. The van der Waals surface area contributed by atoms with Gasteiger partial charge >= 0.3 is 0 Å². The van der Waals surface area contributed by atoms with Crippen LogP contribution in [0.2, 0.25) is 0 Å². The lowest BCUT2D eigenvalue weighted by molar-refractivity contribution is 0.152. The third kappa shape index (κ3) is 6.09. The lowest BCUT2D eigenvalue weighted by atomic mass is 9.84. The highest BCUT2D eigenvalue weighted by atomic mass is 32.2. The van der Waals surface area contributed by atoms with Crippen LogP contribution in [0, 0.1) is 5.41 Å². The van der Waals surface area contributed by atoms with Crippen molar-refractivity contribution in [3.8, 4) is 22.3 Å². The first-order valence-electron chi connectivity index (χ1n) is 14.5. The quantitative estimate of drug-likeness (QED) is 0.206. The van der Waals surface area contributed by atoms with E-state index in [0.717, 1.165) is 50.0 Å². The van der Waals surface area contributed by atoms with E-state index in [1.807, 2.05) is 36.8 Å². The number of nitrogens with two attached hydrogens (primary N) is 1. The largest absolute Gasteiger partial charge is 0.303 e. The molecule has 0 aliphatic carbocycles. The van der Waals surface area contributed by atoms with E-state index in [1.165, 1.54) is 56.4 Å². The molecule has 208 valence electrons. The van der Waals surface area contributed by atoms with Crippen LogP contribution in [-0.4, -0.2) is 39.1 Å². The highest BCUT2D eigenvalue weighted by Crippen LogP contribution is 2.35. The lowest BCUT2D eigenvalue weighted by Gasteiger charge is -2.35. The zero-order chi connectivity index (χ0) is 28.1. The minimum Gasteiger partial charge on any atom is -0.303 e. The van der Waals surface area contributed by atoms with Gasteiger partial charge in [0.1, 0.15) is 0 Å². The minimum absolute atomic E-state index is 0.260. The van der Waals surface area contributed by atoms with Gasteiger partial charge in [-0.3, -0.25) is 5.14 Å². The van der Waals surface area contributed by atoms with E-state index < -0.39 is 0 Å². The molecule has 0 radical (unpaired) electrons. The Hall–Kier alpha value is -3.19. The molecule has 1 fully saturated rings. The highest BCUT2D eigenvalue weighted by Gasteiger charge is 2.23. The van der Waals surface area contributed by atoms with E-state index in [9.17, 15) is 0 Å². The summed E-state index contributed by atoms with van der Waals surface area (Å²) in [4.78, 5) is 8.56. The molecule has 6 rings (SSSR count). The van der Waals surface area contributed by atoms with Crippen molar-refractivity contribution < 1.29 is 0 Å². The monoisotopic (exact) mass is 551 g/mol. The van der Waals surface area contributed by atoms with Crippen LogP contribution in [0.3, 0.4) is 0 Å². The fourth-order valence-electron chi connectivity index (χ4n) is 5.97. The number of rotatable bonds is 7. The maximum absolute atomic E-state index is 5.91. The number of likely N-dealkylation sites (tertiary alicyclic amines) is 1. The second kappa shape index (κ2) is 12.5. The first-order valence-corrected chi connectivity index (χ1v) is 15.4. The van der Waals surface area contributed by atoms with Crippen LogP contribution < -0.4 is 5.14 Å². The molecule has 3 aromatic carbocycles. The molecule has 0 unspecified atom stereocenters. The number of hydrogen-bond donors (Lipinski definition) is 1. The van der Waals surface area contributed by atoms with Crippen molar-refractivity contribution in [1.82, 2.24) is 19.5 Å². The SMILES string of the molecule is CC.CC(C)(Cc1ccc(-c2cnc3c(-c4ccc(SN)c5ccccc45)cnn3c2)cc1)CN1CCCCC1. The number of benzene rings is 3. The molecule has 0 spiro atoms. The number of nitrogens with zero attached hydrogens (tertiary/aromatic N) is 4. The van der Waals surface area contributed by atoms with E-state index >= 15 is 0 Å². The molecule has 0 atom stereocenters. The second-order valence-corrected chi connectivity index (χ2v) is 12.0. The molecule has 0 saturated carbocycles. The Kier molecular flexibility index (Phi) is 8.89. The van der Waals surface area contributed by atoms with E-state index in [2.05, 4.69) is 84.6 Å². The predicted molar refractivity (Wildman–Crippen MR) is 171 cm³/mol.